The number of rotatable bonds is 7. The molecule has 0 saturated heterocycles. The quantitative estimate of drug-likeness (QED) is 0.683. The molecule has 1 aliphatic rings. The molecule has 96 valence electrons. The van der Waals surface area contributed by atoms with Gasteiger partial charge in [0.15, 0.2) is 0 Å². The Hall–Kier alpha value is -1.08. The van der Waals surface area contributed by atoms with Crippen molar-refractivity contribution in [2.45, 2.75) is 39.5 Å². The van der Waals surface area contributed by atoms with E-state index in [9.17, 15) is 4.79 Å². The van der Waals surface area contributed by atoms with Crippen molar-refractivity contribution in [3.8, 4) is 6.07 Å². The number of nitrogens with zero attached hydrogens (tertiary/aromatic N) is 2. The first-order valence-corrected chi connectivity index (χ1v) is 6.60. The molecule has 1 amide bonds. The van der Waals surface area contributed by atoms with Crippen molar-refractivity contribution in [3.63, 3.8) is 0 Å². The maximum atomic E-state index is 11.8. The van der Waals surface area contributed by atoms with Gasteiger partial charge in [-0.1, -0.05) is 13.8 Å². The standard InChI is InChI=1S/C13H23N3O/c1-3-16(4-2)10-6-9-15-12(17)13(11-14)7-5-8-13/h3-10H2,1-2H3,(H,15,17). The smallest absolute Gasteiger partial charge is 0.240 e. The van der Waals surface area contributed by atoms with Crippen molar-refractivity contribution in [1.29, 1.82) is 5.26 Å². The van der Waals surface area contributed by atoms with Crippen LogP contribution in [0.4, 0.5) is 0 Å². The number of carbonyl (C=O) groups is 1. The van der Waals surface area contributed by atoms with Gasteiger partial charge in [-0.3, -0.25) is 4.79 Å². The number of hydrogen-bond donors (Lipinski definition) is 1. The highest BCUT2D eigenvalue weighted by Crippen LogP contribution is 2.40. The highest BCUT2D eigenvalue weighted by atomic mass is 16.2. The van der Waals surface area contributed by atoms with E-state index in [1.807, 2.05) is 0 Å². The van der Waals surface area contributed by atoms with Gasteiger partial charge in [0.05, 0.1) is 6.07 Å². The van der Waals surface area contributed by atoms with Gasteiger partial charge in [-0.25, -0.2) is 0 Å². The van der Waals surface area contributed by atoms with E-state index in [4.69, 9.17) is 5.26 Å². The highest BCUT2D eigenvalue weighted by Gasteiger charge is 2.44. The Bertz CT molecular complexity index is 288. The van der Waals surface area contributed by atoms with Crippen LogP contribution in [-0.4, -0.2) is 37.0 Å². The van der Waals surface area contributed by atoms with Gasteiger partial charge in [-0.15, -0.1) is 0 Å². The first-order valence-electron chi connectivity index (χ1n) is 6.60. The number of nitrogens with one attached hydrogen (secondary N) is 1. The van der Waals surface area contributed by atoms with Gasteiger partial charge in [0.25, 0.3) is 0 Å². The minimum absolute atomic E-state index is 0.0641. The summed E-state index contributed by atoms with van der Waals surface area (Å²) in [7, 11) is 0. The molecule has 1 aliphatic carbocycles. The second kappa shape index (κ2) is 6.61. The van der Waals surface area contributed by atoms with Gasteiger partial charge in [0.1, 0.15) is 5.41 Å². The van der Waals surface area contributed by atoms with Gasteiger partial charge in [0.2, 0.25) is 5.91 Å². The fourth-order valence-corrected chi connectivity index (χ4v) is 2.13. The third-order valence-electron chi connectivity index (χ3n) is 3.69. The van der Waals surface area contributed by atoms with Gasteiger partial charge in [-0.2, -0.15) is 5.26 Å². The average Bonchev–Trinajstić information content (AvgIpc) is 2.28. The van der Waals surface area contributed by atoms with Crippen molar-refractivity contribution in [3.05, 3.63) is 0 Å². The van der Waals surface area contributed by atoms with Crippen LogP contribution in [0.2, 0.25) is 0 Å². The molecule has 0 spiro atoms. The van der Waals surface area contributed by atoms with Crippen LogP contribution in [0.25, 0.3) is 0 Å². The van der Waals surface area contributed by atoms with E-state index in [2.05, 4.69) is 30.1 Å². The largest absolute Gasteiger partial charge is 0.355 e. The van der Waals surface area contributed by atoms with Crippen molar-refractivity contribution in [2.24, 2.45) is 5.41 Å². The molecule has 0 radical (unpaired) electrons. The Balaban J connectivity index is 2.19. The molecule has 0 heterocycles. The summed E-state index contributed by atoms with van der Waals surface area (Å²) in [5, 5.41) is 11.9. The van der Waals surface area contributed by atoms with Crippen molar-refractivity contribution >= 4 is 5.91 Å². The fourth-order valence-electron chi connectivity index (χ4n) is 2.13. The summed E-state index contributed by atoms with van der Waals surface area (Å²) in [5.74, 6) is -0.0641. The molecule has 0 bridgehead atoms. The number of nitriles is 1. The van der Waals surface area contributed by atoms with Gasteiger partial charge >= 0.3 is 0 Å². The predicted molar refractivity (Wildman–Crippen MR) is 67.3 cm³/mol. The Kier molecular flexibility index (Phi) is 5.43. The second-order valence-electron chi connectivity index (χ2n) is 4.68. The molecule has 4 heteroatoms. The first kappa shape index (κ1) is 14.0. The number of amides is 1. The van der Waals surface area contributed by atoms with Crippen LogP contribution < -0.4 is 5.32 Å². The third-order valence-corrected chi connectivity index (χ3v) is 3.69. The average molecular weight is 237 g/mol. The van der Waals surface area contributed by atoms with Crippen LogP contribution in [0.15, 0.2) is 0 Å². The van der Waals surface area contributed by atoms with Crippen LogP contribution in [-0.2, 0) is 4.79 Å². The molecule has 1 rings (SSSR count). The van der Waals surface area contributed by atoms with Crippen LogP contribution in [0.3, 0.4) is 0 Å². The molecule has 0 aromatic heterocycles. The Morgan fingerprint density at radius 2 is 2.06 bits per heavy atom. The summed E-state index contributed by atoms with van der Waals surface area (Å²) in [6.07, 6.45) is 3.41. The maximum absolute atomic E-state index is 11.8. The Morgan fingerprint density at radius 1 is 1.41 bits per heavy atom. The Morgan fingerprint density at radius 3 is 2.47 bits per heavy atom. The molecule has 4 nitrogen and oxygen atoms in total. The van der Waals surface area contributed by atoms with E-state index < -0.39 is 5.41 Å². The lowest BCUT2D eigenvalue weighted by molar-refractivity contribution is -0.131. The zero-order chi connectivity index (χ0) is 12.7. The van der Waals surface area contributed by atoms with Crippen LogP contribution >= 0.6 is 0 Å². The van der Waals surface area contributed by atoms with Crippen LogP contribution in [0, 0.1) is 16.7 Å². The lowest BCUT2D eigenvalue weighted by Crippen LogP contribution is -2.45. The van der Waals surface area contributed by atoms with E-state index in [-0.39, 0.29) is 5.91 Å². The van der Waals surface area contributed by atoms with E-state index >= 15 is 0 Å². The van der Waals surface area contributed by atoms with Gasteiger partial charge in [0, 0.05) is 6.54 Å². The molecule has 17 heavy (non-hydrogen) atoms. The zero-order valence-corrected chi connectivity index (χ0v) is 11.0. The summed E-state index contributed by atoms with van der Waals surface area (Å²) >= 11 is 0. The maximum Gasteiger partial charge on any atom is 0.240 e. The van der Waals surface area contributed by atoms with E-state index in [1.54, 1.807) is 0 Å². The topological polar surface area (TPSA) is 56.1 Å². The third kappa shape index (κ3) is 3.44. The highest BCUT2D eigenvalue weighted by molar-refractivity contribution is 5.86. The zero-order valence-electron chi connectivity index (χ0n) is 11.0. The molecule has 1 saturated carbocycles. The molecule has 0 atom stereocenters. The minimum Gasteiger partial charge on any atom is -0.355 e. The molecular weight excluding hydrogens is 214 g/mol. The molecular formula is C13H23N3O. The lowest BCUT2D eigenvalue weighted by Gasteiger charge is -2.33. The van der Waals surface area contributed by atoms with Crippen molar-refractivity contribution < 1.29 is 4.79 Å². The second-order valence-corrected chi connectivity index (χ2v) is 4.68. The van der Waals surface area contributed by atoms with Crippen molar-refractivity contribution in [1.82, 2.24) is 10.2 Å². The van der Waals surface area contributed by atoms with E-state index in [0.29, 0.717) is 6.54 Å². The fraction of sp³-hybridized carbons (Fsp3) is 0.846. The molecule has 1 fully saturated rings. The van der Waals surface area contributed by atoms with Gasteiger partial charge < -0.3 is 10.2 Å². The minimum atomic E-state index is -0.699. The summed E-state index contributed by atoms with van der Waals surface area (Å²) in [5.41, 5.74) is -0.699. The first-order chi connectivity index (χ1) is 8.18. The Labute approximate surface area is 104 Å². The summed E-state index contributed by atoms with van der Waals surface area (Å²) in [6.45, 7) is 8.06. The van der Waals surface area contributed by atoms with E-state index in [0.717, 1.165) is 45.3 Å². The monoisotopic (exact) mass is 237 g/mol. The molecule has 0 aliphatic heterocycles. The molecule has 0 aromatic rings. The van der Waals surface area contributed by atoms with E-state index in [1.165, 1.54) is 0 Å². The lowest BCUT2D eigenvalue weighted by atomic mass is 9.69. The van der Waals surface area contributed by atoms with Crippen LogP contribution in [0.5, 0.6) is 0 Å². The summed E-state index contributed by atoms with van der Waals surface area (Å²) < 4.78 is 0. The number of hydrogen-bond acceptors (Lipinski definition) is 3. The van der Waals surface area contributed by atoms with Gasteiger partial charge in [-0.05, 0) is 45.3 Å². The molecule has 0 aromatic carbocycles. The normalized spacial score (nSPS) is 17.3. The van der Waals surface area contributed by atoms with Crippen molar-refractivity contribution in [2.75, 3.05) is 26.2 Å². The SMILES string of the molecule is CCN(CC)CCCNC(=O)C1(C#N)CCC1. The summed E-state index contributed by atoms with van der Waals surface area (Å²) in [6, 6.07) is 2.16. The summed E-state index contributed by atoms with van der Waals surface area (Å²) in [4.78, 5) is 14.1. The predicted octanol–water partition coefficient (Wildman–Crippen LogP) is 1.53. The number of carbonyl (C=O) groups excluding carboxylic acids is 1. The van der Waals surface area contributed by atoms with Crippen LogP contribution in [0.1, 0.15) is 39.5 Å². The molecule has 0 unspecified atom stereocenters. The molecule has 1 N–H and O–H groups in total.